The van der Waals surface area contributed by atoms with E-state index in [0.717, 1.165) is 6.42 Å². The molecular weight excluding hydrogens is 96.1 g/mol. The lowest BCUT2D eigenvalue weighted by Crippen LogP contribution is -2.02. The molecule has 0 spiro atoms. The first-order chi connectivity index (χ1) is 3.56. The van der Waals surface area contributed by atoms with E-state index in [1.807, 2.05) is 6.92 Å². The highest BCUT2D eigenvalue weighted by Crippen LogP contribution is 2.17. The number of hydrogen-bond donors (Lipinski definition) is 0. The third-order valence-electron chi connectivity index (χ3n) is 0.906. The summed E-state index contributed by atoms with van der Waals surface area (Å²) in [5.41, 5.74) is 0.215. The van der Waals surface area contributed by atoms with E-state index in [2.05, 4.69) is 32.9 Å². The Hall–Kier alpha value is -0.260. The molecule has 0 amide bonds. The first kappa shape index (κ1) is 7.74. The standard InChI is InChI=1S/C8H15/c1-5-6-7-8(2,3)4/h5-6H,2,7H2,1,3-4H3. The minimum absolute atomic E-state index is 0.215. The first-order valence-electron chi connectivity index (χ1n) is 3.03. The van der Waals surface area contributed by atoms with Gasteiger partial charge in [0.15, 0.2) is 0 Å². The van der Waals surface area contributed by atoms with E-state index < -0.39 is 0 Å². The normalized spacial score (nSPS) is 13.0. The highest BCUT2D eigenvalue weighted by atomic mass is 14.1. The van der Waals surface area contributed by atoms with Crippen LogP contribution in [0.1, 0.15) is 27.2 Å². The summed E-state index contributed by atoms with van der Waals surface area (Å²) in [5.74, 6) is 0. The Bertz CT molecular complexity index is 72.5. The Morgan fingerprint density at radius 2 is 2.00 bits per heavy atom. The van der Waals surface area contributed by atoms with Gasteiger partial charge in [-0.1, -0.05) is 26.0 Å². The Balaban J connectivity index is 3.39. The van der Waals surface area contributed by atoms with Gasteiger partial charge in [0.1, 0.15) is 0 Å². The van der Waals surface area contributed by atoms with Gasteiger partial charge in [0.05, 0.1) is 0 Å². The van der Waals surface area contributed by atoms with Crippen LogP contribution in [0.25, 0.3) is 0 Å². The molecular formula is C8H15. The fourth-order valence-corrected chi connectivity index (χ4v) is 0.437. The van der Waals surface area contributed by atoms with Crippen molar-refractivity contribution in [3.8, 4) is 0 Å². The Labute approximate surface area is 52.6 Å². The van der Waals surface area contributed by atoms with Gasteiger partial charge in [-0.3, -0.25) is 0 Å². The van der Waals surface area contributed by atoms with Crippen molar-refractivity contribution in [3.05, 3.63) is 19.1 Å². The lowest BCUT2D eigenvalue weighted by molar-refractivity contribution is 0.483. The maximum Gasteiger partial charge on any atom is -0.0299 e. The maximum absolute atomic E-state index is 3.96. The highest BCUT2D eigenvalue weighted by Gasteiger charge is 2.05. The van der Waals surface area contributed by atoms with E-state index in [4.69, 9.17) is 0 Å². The van der Waals surface area contributed by atoms with Gasteiger partial charge < -0.3 is 0 Å². The summed E-state index contributed by atoms with van der Waals surface area (Å²) in [6.07, 6.45) is 5.28. The van der Waals surface area contributed by atoms with Crippen LogP contribution < -0.4 is 0 Å². The third kappa shape index (κ3) is 5.74. The van der Waals surface area contributed by atoms with Gasteiger partial charge in [-0.2, -0.15) is 0 Å². The molecule has 0 aromatic rings. The van der Waals surface area contributed by atoms with Crippen LogP contribution in [0.15, 0.2) is 12.2 Å². The summed E-state index contributed by atoms with van der Waals surface area (Å²) in [5, 5.41) is 0. The summed E-state index contributed by atoms with van der Waals surface area (Å²) in [7, 11) is 0. The molecule has 0 aromatic carbocycles. The van der Waals surface area contributed by atoms with Crippen LogP contribution in [0.4, 0.5) is 0 Å². The minimum atomic E-state index is 0.215. The van der Waals surface area contributed by atoms with Gasteiger partial charge in [0.25, 0.3) is 0 Å². The second-order valence-corrected chi connectivity index (χ2v) is 2.94. The SMILES string of the molecule is [CH2]C(C)(C)CC=CC. The zero-order chi connectivity index (χ0) is 6.62. The van der Waals surface area contributed by atoms with Crippen molar-refractivity contribution >= 4 is 0 Å². The topological polar surface area (TPSA) is 0 Å². The lowest BCUT2D eigenvalue weighted by Gasteiger charge is -2.13. The van der Waals surface area contributed by atoms with Gasteiger partial charge >= 0.3 is 0 Å². The molecule has 0 bridgehead atoms. The Morgan fingerprint density at radius 3 is 2.12 bits per heavy atom. The van der Waals surface area contributed by atoms with Crippen molar-refractivity contribution in [1.82, 2.24) is 0 Å². The van der Waals surface area contributed by atoms with Crippen molar-refractivity contribution in [2.45, 2.75) is 27.2 Å². The van der Waals surface area contributed by atoms with Crippen molar-refractivity contribution in [1.29, 1.82) is 0 Å². The summed E-state index contributed by atoms with van der Waals surface area (Å²) in [6.45, 7) is 10.3. The average molecular weight is 111 g/mol. The average Bonchev–Trinajstić information content (AvgIpc) is 1.59. The molecule has 0 aromatic heterocycles. The number of allylic oxidation sites excluding steroid dienone is 2. The van der Waals surface area contributed by atoms with Gasteiger partial charge in [-0.25, -0.2) is 0 Å². The predicted molar refractivity (Wildman–Crippen MR) is 38.6 cm³/mol. The van der Waals surface area contributed by atoms with Gasteiger partial charge in [-0.15, -0.1) is 0 Å². The van der Waals surface area contributed by atoms with Gasteiger partial charge in [0.2, 0.25) is 0 Å². The van der Waals surface area contributed by atoms with E-state index in [1.165, 1.54) is 0 Å². The Morgan fingerprint density at radius 1 is 1.50 bits per heavy atom. The fourth-order valence-electron chi connectivity index (χ4n) is 0.437. The van der Waals surface area contributed by atoms with Crippen LogP contribution in [-0.2, 0) is 0 Å². The highest BCUT2D eigenvalue weighted by molar-refractivity contribution is 4.85. The molecule has 0 heteroatoms. The molecule has 0 rings (SSSR count). The molecule has 0 saturated heterocycles. The van der Waals surface area contributed by atoms with Crippen molar-refractivity contribution in [2.75, 3.05) is 0 Å². The van der Waals surface area contributed by atoms with Crippen LogP contribution in [0.2, 0.25) is 0 Å². The molecule has 0 nitrogen and oxygen atoms in total. The monoisotopic (exact) mass is 111 g/mol. The van der Waals surface area contributed by atoms with Crippen LogP contribution in [0.3, 0.4) is 0 Å². The fraction of sp³-hybridized carbons (Fsp3) is 0.625. The van der Waals surface area contributed by atoms with E-state index in [0.29, 0.717) is 0 Å². The second kappa shape index (κ2) is 2.91. The van der Waals surface area contributed by atoms with Crippen LogP contribution in [0.5, 0.6) is 0 Å². The van der Waals surface area contributed by atoms with Gasteiger partial charge in [0, 0.05) is 0 Å². The Kier molecular flexibility index (Phi) is 2.81. The molecule has 0 heterocycles. The van der Waals surface area contributed by atoms with Crippen LogP contribution in [0, 0.1) is 12.3 Å². The second-order valence-electron chi connectivity index (χ2n) is 2.94. The van der Waals surface area contributed by atoms with Crippen molar-refractivity contribution in [2.24, 2.45) is 5.41 Å². The van der Waals surface area contributed by atoms with E-state index in [-0.39, 0.29) is 5.41 Å². The molecule has 0 aliphatic carbocycles. The van der Waals surface area contributed by atoms with Gasteiger partial charge in [-0.05, 0) is 25.7 Å². The molecule has 0 N–H and O–H groups in total. The number of rotatable bonds is 2. The molecule has 0 unspecified atom stereocenters. The van der Waals surface area contributed by atoms with E-state index in [9.17, 15) is 0 Å². The first-order valence-corrected chi connectivity index (χ1v) is 3.03. The summed E-state index contributed by atoms with van der Waals surface area (Å²) >= 11 is 0. The molecule has 0 aliphatic heterocycles. The predicted octanol–water partition coefficient (Wildman–Crippen LogP) is 2.81. The van der Waals surface area contributed by atoms with Crippen molar-refractivity contribution < 1.29 is 0 Å². The molecule has 0 aliphatic rings. The molecule has 47 valence electrons. The lowest BCUT2D eigenvalue weighted by atomic mass is 9.92. The van der Waals surface area contributed by atoms with Crippen molar-refractivity contribution in [3.63, 3.8) is 0 Å². The molecule has 8 heavy (non-hydrogen) atoms. The smallest absolute Gasteiger partial charge is 0.0299 e. The van der Waals surface area contributed by atoms with E-state index >= 15 is 0 Å². The summed E-state index contributed by atoms with van der Waals surface area (Å²) < 4.78 is 0. The third-order valence-corrected chi connectivity index (χ3v) is 0.906. The van der Waals surface area contributed by atoms with E-state index in [1.54, 1.807) is 0 Å². The summed E-state index contributed by atoms with van der Waals surface area (Å²) in [6, 6.07) is 0. The van der Waals surface area contributed by atoms with Crippen LogP contribution >= 0.6 is 0 Å². The molecule has 0 atom stereocenters. The molecule has 0 fully saturated rings. The maximum atomic E-state index is 3.96. The largest absolute Gasteiger partial charge is 0.0916 e. The molecule has 0 saturated carbocycles. The zero-order valence-electron chi connectivity index (χ0n) is 6.07. The zero-order valence-corrected chi connectivity index (χ0v) is 6.07. The quantitative estimate of drug-likeness (QED) is 0.481. The minimum Gasteiger partial charge on any atom is -0.0916 e. The molecule has 1 radical (unpaired) electrons. The summed E-state index contributed by atoms with van der Waals surface area (Å²) in [4.78, 5) is 0. The number of hydrogen-bond acceptors (Lipinski definition) is 0. The van der Waals surface area contributed by atoms with Crippen LogP contribution in [-0.4, -0.2) is 0 Å².